The third-order valence-corrected chi connectivity index (χ3v) is 5.25. The summed E-state index contributed by atoms with van der Waals surface area (Å²) in [7, 11) is 0. The summed E-state index contributed by atoms with van der Waals surface area (Å²) in [6.07, 6.45) is 0. The smallest absolute Gasteiger partial charge is 0.269 e. The van der Waals surface area contributed by atoms with Crippen LogP contribution in [0.4, 0.5) is 0 Å². The van der Waals surface area contributed by atoms with Crippen LogP contribution >= 0.6 is 0 Å². The Labute approximate surface area is 189 Å². The van der Waals surface area contributed by atoms with Gasteiger partial charge in [0.15, 0.2) is 0 Å². The molecular weight excluding hydrogens is 396 g/mol. The topological polar surface area (TPSA) is 54.3 Å². The molecule has 1 aromatic heterocycles. The van der Waals surface area contributed by atoms with Crippen LogP contribution in [0.2, 0.25) is 0 Å². The minimum atomic E-state index is -0.421. The van der Waals surface area contributed by atoms with Crippen molar-refractivity contribution in [2.75, 3.05) is 0 Å². The average molecular weight is 425 g/mol. The fourth-order valence-corrected chi connectivity index (χ4v) is 3.93. The van der Waals surface area contributed by atoms with Crippen LogP contribution in [-0.4, -0.2) is 21.1 Å². The molecule has 0 atom stereocenters. The molecule has 0 saturated carbocycles. The van der Waals surface area contributed by atoms with Gasteiger partial charge in [-0.25, -0.2) is 0 Å². The number of benzene rings is 3. The summed E-state index contributed by atoms with van der Waals surface area (Å²) >= 11 is 0. The first-order chi connectivity index (χ1) is 15.3. The highest BCUT2D eigenvalue weighted by atomic mass is 16.3. The Morgan fingerprint density at radius 3 is 1.75 bits per heavy atom. The van der Waals surface area contributed by atoms with E-state index in [4.69, 9.17) is 0 Å². The Bertz CT molecular complexity index is 1210. The number of hydrogen-bond acceptors (Lipinski definition) is 2. The van der Waals surface area contributed by atoms with Crippen LogP contribution in [0.1, 0.15) is 36.8 Å². The van der Waals surface area contributed by atoms with E-state index in [1.165, 1.54) is 0 Å². The number of hydrogen-bond donors (Lipinski definition) is 2. The van der Waals surface area contributed by atoms with Crippen molar-refractivity contribution < 1.29 is 9.90 Å². The molecule has 1 heterocycles. The van der Waals surface area contributed by atoms with Gasteiger partial charge in [-0.1, -0.05) is 91.0 Å². The molecule has 4 nitrogen and oxygen atoms in total. The number of aromatic nitrogens is 1. The van der Waals surface area contributed by atoms with E-state index >= 15 is 0 Å². The number of carbonyl (C=O) groups excluding carboxylic acids is 1. The molecule has 162 valence electrons. The zero-order valence-electron chi connectivity index (χ0n) is 18.7. The Hall–Kier alpha value is -3.79. The predicted molar refractivity (Wildman–Crippen MR) is 130 cm³/mol. The molecule has 0 aliphatic rings. The Morgan fingerprint density at radius 1 is 0.781 bits per heavy atom. The summed E-state index contributed by atoms with van der Waals surface area (Å²) in [6, 6.07) is 29.4. The van der Waals surface area contributed by atoms with E-state index in [0.717, 1.165) is 22.3 Å². The fourth-order valence-electron chi connectivity index (χ4n) is 3.93. The summed E-state index contributed by atoms with van der Waals surface area (Å²) in [5.41, 5.74) is 4.16. The molecule has 0 spiro atoms. The van der Waals surface area contributed by atoms with Gasteiger partial charge in [-0.2, -0.15) is 0 Å². The number of carbonyl (C=O) groups is 1. The molecule has 0 saturated heterocycles. The molecular formula is C28H28N2O2. The summed E-state index contributed by atoms with van der Waals surface area (Å²) < 4.78 is 1.72. The maximum Gasteiger partial charge on any atom is 0.269 e. The first kappa shape index (κ1) is 21.4. The second-order valence-corrected chi connectivity index (χ2v) is 8.93. The van der Waals surface area contributed by atoms with E-state index < -0.39 is 5.54 Å². The van der Waals surface area contributed by atoms with Gasteiger partial charge in [0, 0.05) is 11.1 Å². The van der Waals surface area contributed by atoms with Crippen molar-refractivity contribution in [2.45, 2.75) is 32.9 Å². The largest absolute Gasteiger partial charge is 0.494 e. The normalized spacial score (nSPS) is 11.3. The van der Waals surface area contributed by atoms with Crippen LogP contribution in [-0.2, 0) is 6.54 Å². The Kier molecular flexibility index (Phi) is 5.87. The van der Waals surface area contributed by atoms with Gasteiger partial charge in [0.2, 0.25) is 5.88 Å². The highest BCUT2D eigenvalue weighted by Crippen LogP contribution is 2.44. The number of nitrogens with zero attached hydrogens (tertiary/aromatic N) is 1. The lowest BCUT2D eigenvalue weighted by Crippen LogP contribution is -2.41. The highest BCUT2D eigenvalue weighted by Gasteiger charge is 2.30. The predicted octanol–water partition coefficient (Wildman–Crippen LogP) is 6.10. The lowest BCUT2D eigenvalue weighted by atomic mass is 9.95. The van der Waals surface area contributed by atoms with Gasteiger partial charge < -0.3 is 15.0 Å². The molecule has 0 aliphatic heterocycles. The first-order valence-electron chi connectivity index (χ1n) is 10.8. The van der Waals surface area contributed by atoms with Gasteiger partial charge in [-0.3, -0.25) is 4.79 Å². The molecule has 0 bridgehead atoms. The molecule has 4 rings (SSSR count). The van der Waals surface area contributed by atoms with Gasteiger partial charge >= 0.3 is 0 Å². The van der Waals surface area contributed by atoms with Crippen LogP contribution in [0.3, 0.4) is 0 Å². The maximum atomic E-state index is 13.6. The van der Waals surface area contributed by atoms with E-state index in [9.17, 15) is 9.90 Å². The van der Waals surface area contributed by atoms with Crippen molar-refractivity contribution in [3.05, 3.63) is 102 Å². The van der Waals surface area contributed by atoms with Crippen LogP contribution in [0.15, 0.2) is 91.0 Å². The van der Waals surface area contributed by atoms with Crippen LogP contribution in [0.5, 0.6) is 5.88 Å². The van der Waals surface area contributed by atoms with E-state index in [-0.39, 0.29) is 11.8 Å². The van der Waals surface area contributed by atoms with Gasteiger partial charge in [0.25, 0.3) is 5.91 Å². The number of nitrogens with one attached hydrogen (secondary N) is 1. The van der Waals surface area contributed by atoms with Crippen molar-refractivity contribution in [1.29, 1.82) is 0 Å². The van der Waals surface area contributed by atoms with Crippen molar-refractivity contribution in [3.63, 3.8) is 0 Å². The number of rotatable bonds is 5. The van der Waals surface area contributed by atoms with Crippen molar-refractivity contribution >= 4 is 5.91 Å². The lowest BCUT2D eigenvalue weighted by Gasteiger charge is -2.22. The number of aromatic hydroxyl groups is 1. The molecule has 4 aromatic rings. The summed E-state index contributed by atoms with van der Waals surface area (Å²) in [5, 5.41) is 14.6. The van der Waals surface area contributed by atoms with E-state index in [1.807, 2.05) is 112 Å². The molecule has 0 aliphatic carbocycles. The monoisotopic (exact) mass is 424 g/mol. The SMILES string of the molecule is CC(C)(C)NC(=O)c1c(-c2ccccc2)c(-c2ccccc2)c(O)n1Cc1ccccc1. The average Bonchev–Trinajstić information content (AvgIpc) is 3.07. The standard InChI is InChI=1S/C28H28N2O2/c1-28(2,3)29-26(31)25-23(21-15-9-5-10-16-21)24(22-17-11-6-12-18-22)27(32)30(25)19-20-13-7-4-8-14-20/h4-18,32H,19H2,1-3H3,(H,29,31). The zero-order chi connectivity index (χ0) is 22.7. The third-order valence-electron chi connectivity index (χ3n) is 5.25. The van der Waals surface area contributed by atoms with Gasteiger partial charge in [-0.05, 0) is 37.5 Å². The Balaban J connectivity index is 2.02. The second-order valence-electron chi connectivity index (χ2n) is 8.93. The van der Waals surface area contributed by atoms with Crippen molar-refractivity contribution in [1.82, 2.24) is 9.88 Å². The molecule has 0 unspecified atom stereocenters. The summed E-state index contributed by atoms with van der Waals surface area (Å²) in [5.74, 6) is -0.136. The van der Waals surface area contributed by atoms with Gasteiger partial charge in [0.1, 0.15) is 5.69 Å². The van der Waals surface area contributed by atoms with E-state index in [2.05, 4.69) is 5.32 Å². The summed E-state index contributed by atoms with van der Waals surface area (Å²) in [4.78, 5) is 13.6. The molecule has 3 aromatic carbocycles. The van der Waals surface area contributed by atoms with Crippen molar-refractivity contribution in [3.8, 4) is 28.1 Å². The van der Waals surface area contributed by atoms with Crippen molar-refractivity contribution in [2.24, 2.45) is 0 Å². The zero-order valence-corrected chi connectivity index (χ0v) is 18.7. The molecule has 2 N–H and O–H groups in total. The van der Waals surface area contributed by atoms with Crippen LogP contribution in [0.25, 0.3) is 22.3 Å². The minimum absolute atomic E-state index is 0.0814. The lowest BCUT2D eigenvalue weighted by molar-refractivity contribution is 0.0910. The molecule has 4 heteroatoms. The number of amides is 1. The quantitative estimate of drug-likeness (QED) is 0.406. The highest BCUT2D eigenvalue weighted by molar-refractivity contribution is 6.06. The van der Waals surface area contributed by atoms with E-state index in [0.29, 0.717) is 17.8 Å². The summed E-state index contributed by atoms with van der Waals surface area (Å²) in [6.45, 7) is 6.24. The van der Waals surface area contributed by atoms with E-state index in [1.54, 1.807) is 4.57 Å². The molecule has 32 heavy (non-hydrogen) atoms. The van der Waals surface area contributed by atoms with Gasteiger partial charge in [-0.15, -0.1) is 0 Å². The third kappa shape index (κ3) is 4.45. The molecule has 1 amide bonds. The second kappa shape index (κ2) is 8.75. The fraction of sp³-hybridized carbons (Fsp3) is 0.179. The minimum Gasteiger partial charge on any atom is -0.494 e. The first-order valence-corrected chi connectivity index (χ1v) is 10.8. The van der Waals surface area contributed by atoms with Gasteiger partial charge in [0.05, 0.1) is 12.1 Å². The maximum absolute atomic E-state index is 13.6. The Morgan fingerprint density at radius 2 is 1.25 bits per heavy atom. The molecule has 0 fully saturated rings. The van der Waals surface area contributed by atoms with Crippen LogP contribution < -0.4 is 5.32 Å². The van der Waals surface area contributed by atoms with Crippen LogP contribution in [0, 0.1) is 0 Å². The molecule has 0 radical (unpaired) electrons.